The van der Waals surface area contributed by atoms with Gasteiger partial charge in [-0.25, -0.2) is 0 Å². The fraction of sp³-hybridized carbons (Fsp3) is 0.824. The standard InChI is InChI=1S/C17H32N4O4/c1-17(2,3)19-15(23)13-21-10-8-20(9-11-21)12-14(22)18-7-5-6-16(24)25-4/h5-13H2,1-4H3,(H,18,22)(H,19,23). The lowest BCUT2D eigenvalue weighted by Crippen LogP contribution is -2.53. The number of hydrogen-bond donors (Lipinski definition) is 2. The van der Waals surface area contributed by atoms with Gasteiger partial charge in [-0.3, -0.25) is 24.2 Å². The van der Waals surface area contributed by atoms with Crippen LogP contribution in [-0.4, -0.2) is 86.0 Å². The Morgan fingerprint density at radius 1 is 0.960 bits per heavy atom. The lowest BCUT2D eigenvalue weighted by Gasteiger charge is -2.34. The van der Waals surface area contributed by atoms with Crippen LogP contribution in [0.1, 0.15) is 33.6 Å². The Labute approximate surface area is 150 Å². The first-order valence-electron chi connectivity index (χ1n) is 8.79. The van der Waals surface area contributed by atoms with Gasteiger partial charge in [0.05, 0.1) is 20.2 Å². The highest BCUT2D eigenvalue weighted by atomic mass is 16.5. The highest BCUT2D eigenvalue weighted by Crippen LogP contribution is 2.03. The number of nitrogens with zero attached hydrogens (tertiary/aromatic N) is 2. The van der Waals surface area contributed by atoms with Crippen molar-refractivity contribution in [2.24, 2.45) is 0 Å². The van der Waals surface area contributed by atoms with Crippen LogP contribution in [0.25, 0.3) is 0 Å². The fourth-order valence-electron chi connectivity index (χ4n) is 2.59. The molecule has 2 amide bonds. The number of rotatable bonds is 8. The number of amides is 2. The van der Waals surface area contributed by atoms with E-state index < -0.39 is 0 Å². The second-order valence-electron chi connectivity index (χ2n) is 7.38. The Morgan fingerprint density at radius 3 is 1.96 bits per heavy atom. The van der Waals surface area contributed by atoms with Gasteiger partial charge in [0.15, 0.2) is 0 Å². The normalized spacial score (nSPS) is 16.3. The van der Waals surface area contributed by atoms with E-state index in [1.807, 2.05) is 20.8 Å². The molecule has 25 heavy (non-hydrogen) atoms. The number of esters is 1. The van der Waals surface area contributed by atoms with Crippen molar-refractivity contribution in [3.63, 3.8) is 0 Å². The summed E-state index contributed by atoms with van der Waals surface area (Å²) in [4.78, 5) is 39.0. The quantitative estimate of drug-likeness (QED) is 0.454. The summed E-state index contributed by atoms with van der Waals surface area (Å²) in [7, 11) is 1.35. The van der Waals surface area contributed by atoms with Crippen molar-refractivity contribution in [2.45, 2.75) is 39.2 Å². The lowest BCUT2D eigenvalue weighted by atomic mass is 10.1. The predicted molar refractivity (Wildman–Crippen MR) is 95.0 cm³/mol. The number of nitrogens with one attached hydrogen (secondary N) is 2. The van der Waals surface area contributed by atoms with Crippen LogP contribution in [0.2, 0.25) is 0 Å². The molecule has 0 spiro atoms. The molecule has 0 aromatic carbocycles. The van der Waals surface area contributed by atoms with E-state index in [2.05, 4.69) is 25.2 Å². The summed E-state index contributed by atoms with van der Waals surface area (Å²) in [6.07, 6.45) is 0.890. The first-order valence-corrected chi connectivity index (χ1v) is 8.79. The molecule has 0 aromatic heterocycles. The second-order valence-corrected chi connectivity index (χ2v) is 7.38. The molecule has 0 saturated carbocycles. The molecule has 0 atom stereocenters. The van der Waals surface area contributed by atoms with Crippen molar-refractivity contribution in [2.75, 3.05) is 52.9 Å². The summed E-state index contributed by atoms with van der Waals surface area (Å²) < 4.78 is 4.55. The van der Waals surface area contributed by atoms with Gasteiger partial charge in [-0.1, -0.05) is 0 Å². The average molecular weight is 356 g/mol. The van der Waals surface area contributed by atoms with Gasteiger partial charge in [-0.2, -0.15) is 0 Å². The molecular formula is C17H32N4O4. The van der Waals surface area contributed by atoms with E-state index in [-0.39, 0.29) is 23.3 Å². The van der Waals surface area contributed by atoms with Gasteiger partial charge in [-0.15, -0.1) is 0 Å². The van der Waals surface area contributed by atoms with E-state index in [9.17, 15) is 14.4 Å². The zero-order valence-electron chi connectivity index (χ0n) is 15.9. The summed E-state index contributed by atoms with van der Waals surface area (Å²) >= 11 is 0. The molecule has 1 saturated heterocycles. The number of methoxy groups -OCH3 is 1. The molecule has 0 aliphatic carbocycles. The Bertz CT molecular complexity index is 454. The topological polar surface area (TPSA) is 91.0 Å². The fourth-order valence-corrected chi connectivity index (χ4v) is 2.59. The van der Waals surface area contributed by atoms with Crippen LogP contribution in [0.5, 0.6) is 0 Å². The first-order chi connectivity index (χ1) is 11.7. The van der Waals surface area contributed by atoms with E-state index in [0.29, 0.717) is 32.5 Å². The van der Waals surface area contributed by atoms with E-state index in [1.54, 1.807) is 0 Å². The third-order valence-corrected chi connectivity index (χ3v) is 3.82. The monoisotopic (exact) mass is 356 g/mol. The highest BCUT2D eigenvalue weighted by Gasteiger charge is 2.22. The molecule has 1 aliphatic heterocycles. The molecule has 144 valence electrons. The minimum atomic E-state index is -0.263. The Morgan fingerprint density at radius 2 is 1.48 bits per heavy atom. The maximum Gasteiger partial charge on any atom is 0.305 e. The van der Waals surface area contributed by atoms with Crippen molar-refractivity contribution < 1.29 is 19.1 Å². The molecule has 1 aliphatic rings. The first kappa shape index (κ1) is 21.4. The van der Waals surface area contributed by atoms with E-state index in [4.69, 9.17) is 0 Å². The summed E-state index contributed by atoms with van der Waals surface area (Å²) in [6.45, 7) is 10.2. The highest BCUT2D eigenvalue weighted by molar-refractivity contribution is 5.79. The Kier molecular flexibility index (Phi) is 8.85. The van der Waals surface area contributed by atoms with E-state index in [0.717, 1.165) is 26.2 Å². The number of piperazine rings is 1. The van der Waals surface area contributed by atoms with Crippen molar-refractivity contribution in [1.29, 1.82) is 0 Å². The minimum absolute atomic E-state index is 0.0318. The molecule has 0 unspecified atom stereocenters. The number of carbonyl (C=O) groups excluding carboxylic acids is 3. The van der Waals surface area contributed by atoms with Gasteiger partial charge in [0.1, 0.15) is 0 Å². The molecule has 1 fully saturated rings. The zero-order valence-corrected chi connectivity index (χ0v) is 15.9. The average Bonchev–Trinajstić information content (AvgIpc) is 2.51. The van der Waals surface area contributed by atoms with Crippen LogP contribution in [-0.2, 0) is 19.1 Å². The van der Waals surface area contributed by atoms with Crippen molar-refractivity contribution in [3.8, 4) is 0 Å². The van der Waals surface area contributed by atoms with Crippen LogP contribution >= 0.6 is 0 Å². The number of hydrogen-bond acceptors (Lipinski definition) is 6. The summed E-state index contributed by atoms with van der Waals surface area (Å²) in [5.41, 5.74) is -0.217. The van der Waals surface area contributed by atoms with Crippen LogP contribution in [0.15, 0.2) is 0 Å². The third-order valence-electron chi connectivity index (χ3n) is 3.82. The van der Waals surface area contributed by atoms with Crippen LogP contribution in [0.4, 0.5) is 0 Å². The van der Waals surface area contributed by atoms with Gasteiger partial charge < -0.3 is 15.4 Å². The number of ether oxygens (including phenoxy) is 1. The molecule has 0 aromatic rings. The molecule has 1 rings (SSSR count). The Hall–Kier alpha value is -1.67. The van der Waals surface area contributed by atoms with E-state index in [1.165, 1.54) is 7.11 Å². The van der Waals surface area contributed by atoms with Crippen molar-refractivity contribution in [3.05, 3.63) is 0 Å². The maximum absolute atomic E-state index is 11.9. The zero-order chi connectivity index (χ0) is 18.9. The van der Waals surface area contributed by atoms with Crippen molar-refractivity contribution in [1.82, 2.24) is 20.4 Å². The predicted octanol–water partition coefficient (Wildman–Crippen LogP) is -0.412. The molecule has 1 heterocycles. The molecule has 8 heteroatoms. The van der Waals surface area contributed by atoms with Gasteiger partial charge in [-0.05, 0) is 27.2 Å². The Balaban J connectivity index is 2.16. The number of carbonyl (C=O) groups is 3. The largest absolute Gasteiger partial charge is 0.469 e. The summed E-state index contributed by atoms with van der Waals surface area (Å²) in [5, 5.41) is 5.77. The maximum atomic E-state index is 11.9. The van der Waals surface area contributed by atoms with Gasteiger partial charge in [0, 0.05) is 44.7 Å². The molecule has 8 nitrogen and oxygen atoms in total. The second kappa shape index (κ2) is 10.4. The van der Waals surface area contributed by atoms with Gasteiger partial charge in [0.25, 0.3) is 0 Å². The molecule has 2 N–H and O–H groups in total. The molecule has 0 radical (unpaired) electrons. The minimum Gasteiger partial charge on any atom is -0.469 e. The van der Waals surface area contributed by atoms with Crippen LogP contribution in [0, 0.1) is 0 Å². The van der Waals surface area contributed by atoms with Crippen molar-refractivity contribution >= 4 is 17.8 Å². The molecular weight excluding hydrogens is 324 g/mol. The molecule has 0 bridgehead atoms. The van der Waals surface area contributed by atoms with E-state index >= 15 is 0 Å². The lowest BCUT2D eigenvalue weighted by molar-refractivity contribution is -0.140. The van der Waals surface area contributed by atoms with Crippen LogP contribution < -0.4 is 10.6 Å². The summed E-state index contributed by atoms with van der Waals surface area (Å²) in [5.74, 6) is -0.269. The third kappa shape index (κ3) is 10.0. The van der Waals surface area contributed by atoms with Gasteiger partial charge in [0.2, 0.25) is 11.8 Å². The smallest absolute Gasteiger partial charge is 0.305 e. The van der Waals surface area contributed by atoms with Crippen LogP contribution in [0.3, 0.4) is 0 Å². The summed E-state index contributed by atoms with van der Waals surface area (Å²) in [6, 6.07) is 0. The SMILES string of the molecule is COC(=O)CCCNC(=O)CN1CCN(CC(=O)NC(C)(C)C)CC1. The van der Waals surface area contributed by atoms with Gasteiger partial charge >= 0.3 is 5.97 Å².